The van der Waals surface area contributed by atoms with E-state index in [1.807, 2.05) is 30.3 Å². The summed E-state index contributed by atoms with van der Waals surface area (Å²) in [6, 6.07) is 22.6. The van der Waals surface area contributed by atoms with Gasteiger partial charge >= 0.3 is 5.69 Å². The zero-order chi connectivity index (χ0) is 23.7. The topological polar surface area (TPSA) is 71.1 Å². The third kappa shape index (κ3) is 3.79. The summed E-state index contributed by atoms with van der Waals surface area (Å²) in [5, 5.41) is 0. The molecular formula is C26H21FN4O3. The van der Waals surface area contributed by atoms with Crippen LogP contribution >= 0.6 is 0 Å². The Kier molecular flexibility index (Phi) is 5.55. The van der Waals surface area contributed by atoms with Crippen LogP contribution in [0.1, 0.15) is 11.1 Å². The number of rotatable bonds is 6. The number of halogens is 1. The Balaban J connectivity index is 1.78. The van der Waals surface area contributed by atoms with Crippen molar-refractivity contribution in [3.8, 4) is 11.4 Å². The molecule has 0 spiro atoms. The first-order valence-corrected chi connectivity index (χ1v) is 10.7. The number of hydrogen-bond donors (Lipinski definition) is 0. The summed E-state index contributed by atoms with van der Waals surface area (Å²) < 4.78 is 23.8. The zero-order valence-electron chi connectivity index (χ0n) is 18.4. The summed E-state index contributed by atoms with van der Waals surface area (Å²) in [5.74, 6) is 0.180. The molecule has 0 aliphatic carbocycles. The van der Waals surface area contributed by atoms with Gasteiger partial charge in [0.2, 0.25) is 0 Å². The van der Waals surface area contributed by atoms with Crippen LogP contribution in [0.15, 0.2) is 94.8 Å². The third-order valence-corrected chi connectivity index (χ3v) is 5.69. The molecule has 2 aromatic heterocycles. The summed E-state index contributed by atoms with van der Waals surface area (Å²) in [4.78, 5) is 31.6. The van der Waals surface area contributed by atoms with Crippen molar-refractivity contribution < 1.29 is 9.13 Å². The lowest BCUT2D eigenvalue weighted by Gasteiger charge is -2.14. The average Bonchev–Trinajstić information content (AvgIpc) is 3.27. The van der Waals surface area contributed by atoms with Gasteiger partial charge in [-0.25, -0.2) is 18.7 Å². The molecule has 0 atom stereocenters. The van der Waals surface area contributed by atoms with Crippen molar-refractivity contribution in [1.29, 1.82) is 0 Å². The van der Waals surface area contributed by atoms with Crippen molar-refractivity contribution in [1.82, 2.24) is 18.7 Å². The maximum absolute atomic E-state index is 14.4. The van der Waals surface area contributed by atoms with Crippen LogP contribution in [-0.4, -0.2) is 25.8 Å². The number of nitrogens with zero attached hydrogens (tertiary/aromatic N) is 4. The highest BCUT2D eigenvalue weighted by Crippen LogP contribution is 2.19. The van der Waals surface area contributed by atoms with Crippen LogP contribution in [-0.2, 0) is 13.1 Å². The molecule has 0 radical (unpaired) electrons. The number of ether oxygens (including phenoxy) is 1. The van der Waals surface area contributed by atoms with Crippen molar-refractivity contribution in [2.45, 2.75) is 13.1 Å². The highest BCUT2D eigenvalue weighted by Gasteiger charge is 2.20. The Hall–Kier alpha value is -4.46. The van der Waals surface area contributed by atoms with Gasteiger partial charge in [-0.15, -0.1) is 0 Å². The van der Waals surface area contributed by atoms with Gasteiger partial charge in [0.1, 0.15) is 11.6 Å². The van der Waals surface area contributed by atoms with Gasteiger partial charge in [0.25, 0.3) is 5.56 Å². The number of benzene rings is 3. The molecule has 0 fully saturated rings. The van der Waals surface area contributed by atoms with Crippen molar-refractivity contribution in [3.05, 3.63) is 123 Å². The lowest BCUT2D eigenvalue weighted by molar-refractivity contribution is 0.414. The van der Waals surface area contributed by atoms with Gasteiger partial charge in [0.15, 0.2) is 11.2 Å². The zero-order valence-corrected chi connectivity index (χ0v) is 18.4. The molecule has 5 rings (SSSR count). The monoisotopic (exact) mass is 456 g/mol. The molecule has 0 amide bonds. The van der Waals surface area contributed by atoms with Gasteiger partial charge in [-0.2, -0.15) is 0 Å². The van der Waals surface area contributed by atoms with Gasteiger partial charge in [-0.05, 0) is 23.8 Å². The minimum atomic E-state index is -0.522. The minimum absolute atomic E-state index is 0.0866. The second-order valence-corrected chi connectivity index (χ2v) is 7.83. The van der Waals surface area contributed by atoms with E-state index in [-0.39, 0.29) is 30.1 Å². The van der Waals surface area contributed by atoms with E-state index in [2.05, 4.69) is 4.98 Å². The van der Waals surface area contributed by atoms with E-state index < -0.39 is 11.2 Å². The molecule has 0 saturated carbocycles. The van der Waals surface area contributed by atoms with Crippen LogP contribution in [0.5, 0.6) is 5.75 Å². The van der Waals surface area contributed by atoms with E-state index in [1.165, 1.54) is 28.6 Å². The first kappa shape index (κ1) is 21.4. The molecule has 0 unspecified atom stereocenters. The Labute approximate surface area is 193 Å². The van der Waals surface area contributed by atoms with Gasteiger partial charge in [0, 0.05) is 11.6 Å². The lowest BCUT2D eigenvalue weighted by atomic mass is 10.2. The fourth-order valence-corrected chi connectivity index (χ4v) is 4.00. The second kappa shape index (κ2) is 8.82. The summed E-state index contributed by atoms with van der Waals surface area (Å²) in [6.45, 7) is 0.184. The van der Waals surface area contributed by atoms with E-state index in [9.17, 15) is 14.0 Å². The number of hydrogen-bond acceptors (Lipinski definition) is 4. The van der Waals surface area contributed by atoms with E-state index in [0.29, 0.717) is 17.0 Å². The Morgan fingerprint density at radius 2 is 1.68 bits per heavy atom. The molecular weight excluding hydrogens is 435 g/mol. The molecule has 7 nitrogen and oxygen atoms in total. The van der Waals surface area contributed by atoms with Crippen molar-refractivity contribution in [2.24, 2.45) is 0 Å². The molecule has 0 saturated heterocycles. The van der Waals surface area contributed by atoms with Crippen LogP contribution in [0.3, 0.4) is 0 Å². The van der Waals surface area contributed by atoms with Crippen LogP contribution in [0.25, 0.3) is 16.9 Å². The van der Waals surface area contributed by atoms with Gasteiger partial charge < -0.3 is 9.30 Å². The highest BCUT2D eigenvalue weighted by molar-refractivity contribution is 5.72. The quantitative estimate of drug-likeness (QED) is 0.392. The molecule has 8 heteroatoms. The molecule has 0 aliphatic rings. The summed E-state index contributed by atoms with van der Waals surface area (Å²) >= 11 is 0. The van der Waals surface area contributed by atoms with Crippen molar-refractivity contribution >= 4 is 11.2 Å². The summed E-state index contributed by atoms with van der Waals surface area (Å²) in [7, 11) is 1.54. The fourth-order valence-electron chi connectivity index (χ4n) is 4.00. The number of imidazole rings is 1. The standard InChI is InChI=1S/C26H21FN4O3/c1-34-21-12-7-11-20(14-21)31-24-23(29(17-28-24)16-19-10-5-6-13-22(19)27)25(32)30(26(31)33)15-18-8-3-2-4-9-18/h2-14,17H,15-16H2,1H3. The van der Waals surface area contributed by atoms with Crippen LogP contribution in [0, 0.1) is 5.82 Å². The number of aromatic nitrogens is 4. The number of fused-ring (bicyclic) bond motifs is 1. The lowest BCUT2D eigenvalue weighted by Crippen LogP contribution is -2.40. The molecule has 170 valence electrons. The van der Waals surface area contributed by atoms with Gasteiger partial charge in [-0.3, -0.25) is 9.36 Å². The van der Waals surface area contributed by atoms with Gasteiger partial charge in [0.05, 0.1) is 32.2 Å². The second-order valence-electron chi connectivity index (χ2n) is 7.83. The first-order valence-electron chi connectivity index (χ1n) is 10.7. The molecule has 0 N–H and O–H groups in total. The predicted octanol–water partition coefficient (Wildman–Crippen LogP) is 3.59. The van der Waals surface area contributed by atoms with E-state index in [0.717, 1.165) is 5.56 Å². The van der Waals surface area contributed by atoms with Crippen LogP contribution < -0.4 is 16.0 Å². The smallest absolute Gasteiger partial charge is 0.337 e. The predicted molar refractivity (Wildman–Crippen MR) is 127 cm³/mol. The summed E-state index contributed by atoms with van der Waals surface area (Å²) in [5.41, 5.74) is 1.12. The van der Waals surface area contributed by atoms with Gasteiger partial charge in [-0.1, -0.05) is 54.6 Å². The normalized spacial score (nSPS) is 11.1. The SMILES string of the molecule is COc1cccc(-n2c(=O)n(Cc3ccccc3)c(=O)c3c2ncn3Cc2ccccc2F)c1. The van der Waals surface area contributed by atoms with Crippen molar-refractivity contribution in [3.63, 3.8) is 0 Å². The average molecular weight is 456 g/mol. The molecule has 5 aromatic rings. The Morgan fingerprint density at radius 1 is 0.912 bits per heavy atom. The van der Waals surface area contributed by atoms with Crippen LogP contribution in [0.2, 0.25) is 0 Å². The van der Waals surface area contributed by atoms with E-state index >= 15 is 0 Å². The maximum atomic E-state index is 14.4. The molecule has 0 aliphatic heterocycles. The Morgan fingerprint density at radius 3 is 2.44 bits per heavy atom. The maximum Gasteiger partial charge on any atom is 0.337 e. The minimum Gasteiger partial charge on any atom is -0.497 e. The third-order valence-electron chi connectivity index (χ3n) is 5.69. The van der Waals surface area contributed by atoms with Crippen molar-refractivity contribution in [2.75, 3.05) is 7.11 Å². The Bertz CT molecular complexity index is 1600. The molecule has 34 heavy (non-hydrogen) atoms. The molecule has 0 bridgehead atoms. The van der Waals surface area contributed by atoms with E-state index in [4.69, 9.17) is 4.74 Å². The van der Waals surface area contributed by atoms with Crippen LogP contribution in [0.4, 0.5) is 4.39 Å². The first-order chi connectivity index (χ1) is 16.6. The summed E-state index contributed by atoms with van der Waals surface area (Å²) in [6.07, 6.45) is 1.46. The molecule has 2 heterocycles. The fraction of sp³-hybridized carbons (Fsp3) is 0.115. The molecule has 3 aromatic carbocycles. The van der Waals surface area contributed by atoms with E-state index in [1.54, 1.807) is 47.0 Å². The number of methoxy groups -OCH3 is 1. The highest BCUT2D eigenvalue weighted by atomic mass is 19.1. The largest absolute Gasteiger partial charge is 0.497 e.